The summed E-state index contributed by atoms with van der Waals surface area (Å²) in [5.41, 5.74) is 0.977. The molecule has 2 fully saturated rings. The zero-order valence-electron chi connectivity index (χ0n) is 20.8. The predicted molar refractivity (Wildman–Crippen MR) is 140 cm³/mol. The molecule has 2 aromatic carbocycles. The van der Waals surface area contributed by atoms with Crippen molar-refractivity contribution in [2.45, 2.75) is 48.2 Å². The lowest BCUT2D eigenvalue weighted by Gasteiger charge is -2.32. The number of nitrogens with one attached hydrogen (secondary N) is 2. The Balaban J connectivity index is 1.08. The molecule has 1 saturated carbocycles. The van der Waals surface area contributed by atoms with Gasteiger partial charge in [0.25, 0.3) is 0 Å². The molecule has 12 heteroatoms. The fourth-order valence-corrected chi connectivity index (χ4v) is 6.74. The van der Waals surface area contributed by atoms with Crippen LogP contribution in [0.3, 0.4) is 0 Å². The van der Waals surface area contributed by atoms with E-state index in [4.69, 9.17) is 0 Å². The maximum atomic E-state index is 13.4. The van der Waals surface area contributed by atoms with Crippen LogP contribution in [0.2, 0.25) is 0 Å². The van der Waals surface area contributed by atoms with Crippen molar-refractivity contribution in [2.24, 2.45) is 0 Å². The summed E-state index contributed by atoms with van der Waals surface area (Å²) in [6.45, 7) is 0.661. The van der Waals surface area contributed by atoms with Crippen molar-refractivity contribution in [2.75, 3.05) is 18.4 Å². The third-order valence-electron chi connectivity index (χ3n) is 7.79. The van der Waals surface area contributed by atoms with Gasteiger partial charge in [-0.3, -0.25) is 0 Å². The summed E-state index contributed by atoms with van der Waals surface area (Å²) in [5.74, 6) is 0. The van der Waals surface area contributed by atoms with Gasteiger partial charge in [0.1, 0.15) is 0 Å². The highest BCUT2D eigenvalue weighted by Crippen LogP contribution is 2.58. The lowest BCUT2D eigenvalue weighted by molar-refractivity contribution is -0.160. The van der Waals surface area contributed by atoms with Crippen LogP contribution in [0, 0.1) is 0 Å². The van der Waals surface area contributed by atoms with E-state index < -0.39 is 21.6 Å². The number of hydrogen-bond acceptors (Lipinski definition) is 5. The van der Waals surface area contributed by atoms with Gasteiger partial charge in [0.2, 0.25) is 10.0 Å². The molecule has 1 saturated heterocycles. The summed E-state index contributed by atoms with van der Waals surface area (Å²) in [6.07, 6.45) is -1.19. The van der Waals surface area contributed by atoms with Gasteiger partial charge in [-0.25, -0.2) is 22.7 Å². The molecule has 6 rings (SSSR count). The fraction of sp³-hybridized carbons (Fsp3) is 0.333. The quantitative estimate of drug-likeness (QED) is 0.363. The molecule has 0 unspecified atom stereocenters. The topological polar surface area (TPSA) is 99.6 Å². The molecule has 0 bridgehead atoms. The predicted octanol–water partition coefficient (Wildman–Crippen LogP) is 4.55. The summed E-state index contributed by atoms with van der Waals surface area (Å²) >= 11 is 0. The lowest BCUT2D eigenvalue weighted by atomic mass is 9.95. The Morgan fingerprint density at radius 2 is 1.56 bits per heavy atom. The molecule has 4 aromatic rings. The average molecular weight is 558 g/mol. The van der Waals surface area contributed by atoms with Crippen LogP contribution in [-0.2, 0) is 15.4 Å². The molecule has 204 valence electrons. The maximum absolute atomic E-state index is 13.4. The molecular formula is C27H26F3N5O3S. The third-order valence-corrected chi connectivity index (χ3v) is 9.70. The Morgan fingerprint density at radius 3 is 2.18 bits per heavy atom. The number of sulfonamides is 1. The van der Waals surface area contributed by atoms with Crippen molar-refractivity contribution in [1.29, 1.82) is 0 Å². The van der Waals surface area contributed by atoms with Crippen LogP contribution in [-0.4, -0.2) is 52.6 Å². The first-order valence-electron chi connectivity index (χ1n) is 12.7. The second kappa shape index (κ2) is 9.23. The fourth-order valence-electron chi connectivity index (χ4n) is 5.27. The van der Waals surface area contributed by atoms with E-state index in [0.717, 1.165) is 16.8 Å². The minimum absolute atomic E-state index is 0.0171. The van der Waals surface area contributed by atoms with Gasteiger partial charge < -0.3 is 5.32 Å². The van der Waals surface area contributed by atoms with E-state index in [1.54, 1.807) is 48.7 Å². The monoisotopic (exact) mass is 557 g/mol. The lowest BCUT2D eigenvalue weighted by Crippen LogP contribution is -2.42. The van der Waals surface area contributed by atoms with Crippen molar-refractivity contribution >= 4 is 21.4 Å². The van der Waals surface area contributed by atoms with E-state index >= 15 is 0 Å². The molecule has 0 amide bonds. The van der Waals surface area contributed by atoms with Crippen LogP contribution in [0.25, 0.3) is 16.8 Å². The first-order chi connectivity index (χ1) is 18.6. The number of pyridine rings is 1. The smallest absolute Gasteiger partial charge is 0.382 e. The molecule has 3 heterocycles. The number of alkyl halides is 3. The highest BCUT2D eigenvalue weighted by molar-refractivity contribution is 7.89. The average Bonchev–Trinajstić information content (AvgIpc) is 3.68. The zero-order valence-corrected chi connectivity index (χ0v) is 21.6. The maximum Gasteiger partial charge on any atom is 0.398 e. The van der Waals surface area contributed by atoms with E-state index in [2.05, 4.69) is 15.5 Å². The molecule has 2 aliphatic rings. The molecule has 0 spiro atoms. The van der Waals surface area contributed by atoms with E-state index in [0.29, 0.717) is 37.1 Å². The standard InChI is InChI=1S/C27H26F3N5O3S/c28-27(29,30)26(13-14-26)20-4-6-21(7-5-20)31-22-11-15-34(16-12-22)39(37,38)23-8-1-18(2-9-23)19-3-10-24-32-33-25(36)35(24)17-19/h1-10,17,22,31H,11-16H2,(H,33,36). The van der Waals surface area contributed by atoms with Crippen LogP contribution in [0.1, 0.15) is 31.2 Å². The Kier molecular flexibility index (Phi) is 6.07. The molecule has 0 radical (unpaired) electrons. The van der Waals surface area contributed by atoms with Crippen molar-refractivity contribution in [3.63, 3.8) is 0 Å². The van der Waals surface area contributed by atoms with Crippen LogP contribution in [0.15, 0.2) is 76.6 Å². The third kappa shape index (κ3) is 4.61. The van der Waals surface area contributed by atoms with Crippen molar-refractivity contribution < 1.29 is 21.6 Å². The van der Waals surface area contributed by atoms with Crippen molar-refractivity contribution in [1.82, 2.24) is 18.9 Å². The summed E-state index contributed by atoms with van der Waals surface area (Å²) in [5, 5.41) is 9.62. The van der Waals surface area contributed by atoms with E-state index in [9.17, 15) is 26.4 Å². The first-order valence-corrected chi connectivity index (χ1v) is 14.1. The van der Waals surface area contributed by atoms with Gasteiger partial charge in [0.05, 0.1) is 10.3 Å². The van der Waals surface area contributed by atoms with Crippen LogP contribution in [0.4, 0.5) is 18.9 Å². The van der Waals surface area contributed by atoms with Gasteiger partial charge in [-0.05, 0) is 78.8 Å². The summed E-state index contributed by atoms with van der Waals surface area (Å²) in [6, 6.07) is 16.5. The van der Waals surface area contributed by atoms with Gasteiger partial charge in [0.15, 0.2) is 5.65 Å². The normalized spacial score (nSPS) is 18.3. The number of fused-ring (bicyclic) bond motifs is 1. The zero-order chi connectivity index (χ0) is 27.4. The molecular weight excluding hydrogens is 531 g/mol. The van der Waals surface area contributed by atoms with E-state index in [1.165, 1.54) is 20.8 Å². The van der Waals surface area contributed by atoms with Gasteiger partial charge >= 0.3 is 11.9 Å². The molecule has 2 N–H and O–H groups in total. The summed E-state index contributed by atoms with van der Waals surface area (Å²) < 4.78 is 69.5. The Bertz CT molecular complexity index is 1670. The molecule has 1 aliphatic carbocycles. The second-order valence-corrected chi connectivity index (χ2v) is 12.1. The molecule has 39 heavy (non-hydrogen) atoms. The minimum Gasteiger partial charge on any atom is -0.382 e. The number of anilines is 1. The number of H-pyrrole nitrogens is 1. The van der Waals surface area contributed by atoms with Gasteiger partial charge in [-0.1, -0.05) is 24.3 Å². The first kappa shape index (κ1) is 25.6. The number of benzene rings is 2. The number of aromatic nitrogens is 3. The minimum atomic E-state index is -4.24. The SMILES string of the molecule is O=c1[nH]nc2ccc(-c3ccc(S(=O)(=O)N4CCC(Nc5ccc(C6(C(F)(F)F)CC6)cc5)CC4)cc3)cn12. The number of piperidine rings is 1. The molecule has 1 aliphatic heterocycles. The Hall–Kier alpha value is -3.64. The van der Waals surface area contributed by atoms with Gasteiger partial charge in [0, 0.05) is 31.0 Å². The Labute approximate surface area is 222 Å². The van der Waals surface area contributed by atoms with Crippen molar-refractivity contribution in [3.8, 4) is 11.1 Å². The largest absolute Gasteiger partial charge is 0.398 e. The van der Waals surface area contributed by atoms with Crippen molar-refractivity contribution in [3.05, 3.63) is 82.9 Å². The molecule has 0 atom stereocenters. The number of nitrogens with zero attached hydrogens (tertiary/aromatic N) is 3. The van der Waals surface area contributed by atoms with E-state index in [-0.39, 0.29) is 29.5 Å². The number of aromatic amines is 1. The highest BCUT2D eigenvalue weighted by atomic mass is 32.2. The number of halogens is 3. The number of rotatable bonds is 6. The molecule has 2 aromatic heterocycles. The summed E-state index contributed by atoms with van der Waals surface area (Å²) in [7, 11) is -3.69. The number of hydrogen-bond donors (Lipinski definition) is 2. The molecule has 8 nitrogen and oxygen atoms in total. The second-order valence-electron chi connectivity index (χ2n) is 10.2. The van der Waals surface area contributed by atoms with Crippen LogP contribution < -0.4 is 11.0 Å². The van der Waals surface area contributed by atoms with Gasteiger partial charge in [-0.15, -0.1) is 0 Å². The van der Waals surface area contributed by atoms with Crippen LogP contribution in [0.5, 0.6) is 0 Å². The van der Waals surface area contributed by atoms with Crippen LogP contribution >= 0.6 is 0 Å². The Morgan fingerprint density at radius 1 is 0.923 bits per heavy atom. The highest BCUT2D eigenvalue weighted by Gasteiger charge is 2.64. The van der Waals surface area contributed by atoms with E-state index in [1.807, 2.05) is 6.07 Å². The summed E-state index contributed by atoms with van der Waals surface area (Å²) in [4.78, 5) is 12.0. The van der Waals surface area contributed by atoms with Gasteiger partial charge in [-0.2, -0.15) is 22.6 Å².